The van der Waals surface area contributed by atoms with Crippen LogP contribution in [0.4, 0.5) is 0 Å². The summed E-state index contributed by atoms with van der Waals surface area (Å²) in [6.07, 6.45) is 2.50. The second-order valence-corrected chi connectivity index (χ2v) is 8.34. The molecule has 140 valence electrons. The Bertz CT molecular complexity index is 1150. The number of hydrogen-bond donors (Lipinski definition) is 1. The summed E-state index contributed by atoms with van der Waals surface area (Å²) >= 11 is 0. The average Bonchev–Trinajstić information content (AvgIpc) is 2.63. The van der Waals surface area contributed by atoms with Gasteiger partial charge in [-0.2, -0.15) is 0 Å². The van der Waals surface area contributed by atoms with Gasteiger partial charge in [-0.15, -0.1) is 0 Å². The van der Waals surface area contributed by atoms with Gasteiger partial charge < -0.3 is 5.32 Å². The van der Waals surface area contributed by atoms with Crippen molar-refractivity contribution in [1.82, 2.24) is 14.9 Å². The summed E-state index contributed by atoms with van der Waals surface area (Å²) in [5.74, 6) is -0.339. The Kier molecular flexibility index (Phi) is 5.09. The molecule has 0 radical (unpaired) electrons. The van der Waals surface area contributed by atoms with Gasteiger partial charge in [0.1, 0.15) is 6.54 Å². The molecular formula is C19H19N3O4S. The van der Waals surface area contributed by atoms with E-state index in [2.05, 4.69) is 10.3 Å². The molecule has 0 saturated carbocycles. The number of fused-ring (bicyclic) bond motifs is 1. The Hall–Kier alpha value is -3.00. The minimum atomic E-state index is -3.26. The highest BCUT2D eigenvalue weighted by atomic mass is 32.2. The number of benzene rings is 2. The van der Waals surface area contributed by atoms with Crippen LogP contribution in [0, 0.1) is 0 Å². The molecule has 1 aromatic heterocycles. The second kappa shape index (κ2) is 7.32. The van der Waals surface area contributed by atoms with Gasteiger partial charge in [0.25, 0.3) is 5.56 Å². The highest BCUT2D eigenvalue weighted by molar-refractivity contribution is 7.90. The molecule has 0 aliphatic carbocycles. The van der Waals surface area contributed by atoms with E-state index in [1.165, 1.54) is 23.0 Å². The predicted octanol–water partition coefficient (Wildman–Crippen LogP) is 1.68. The Morgan fingerprint density at radius 2 is 1.81 bits per heavy atom. The molecule has 0 aliphatic rings. The molecule has 1 unspecified atom stereocenters. The maximum atomic E-state index is 12.4. The van der Waals surface area contributed by atoms with Gasteiger partial charge in [0.15, 0.2) is 9.84 Å². The number of carbonyl (C=O) groups is 1. The van der Waals surface area contributed by atoms with Gasteiger partial charge in [-0.3, -0.25) is 14.2 Å². The van der Waals surface area contributed by atoms with E-state index in [0.29, 0.717) is 10.9 Å². The molecule has 1 heterocycles. The van der Waals surface area contributed by atoms with Crippen molar-refractivity contribution in [3.63, 3.8) is 0 Å². The Balaban J connectivity index is 1.72. The number of aromatic nitrogens is 2. The Morgan fingerprint density at radius 3 is 2.48 bits per heavy atom. The van der Waals surface area contributed by atoms with Crippen molar-refractivity contribution < 1.29 is 13.2 Å². The van der Waals surface area contributed by atoms with E-state index < -0.39 is 9.84 Å². The first-order valence-corrected chi connectivity index (χ1v) is 10.2. The van der Waals surface area contributed by atoms with E-state index in [1.807, 2.05) is 0 Å². The zero-order chi connectivity index (χ0) is 19.6. The van der Waals surface area contributed by atoms with Crippen LogP contribution < -0.4 is 10.9 Å². The third-order valence-corrected chi connectivity index (χ3v) is 5.36. The molecule has 27 heavy (non-hydrogen) atoms. The SMILES string of the molecule is CC(NC(=O)Cn1cnc2ccccc2c1=O)c1ccc(S(C)(=O)=O)cc1. The fourth-order valence-corrected chi connectivity index (χ4v) is 3.38. The van der Waals surface area contributed by atoms with Gasteiger partial charge in [0.05, 0.1) is 28.2 Å². The number of para-hydroxylation sites is 1. The fourth-order valence-electron chi connectivity index (χ4n) is 2.75. The van der Waals surface area contributed by atoms with Gasteiger partial charge in [-0.25, -0.2) is 13.4 Å². The summed E-state index contributed by atoms with van der Waals surface area (Å²) < 4.78 is 24.3. The Morgan fingerprint density at radius 1 is 1.15 bits per heavy atom. The zero-order valence-corrected chi connectivity index (χ0v) is 15.7. The molecule has 0 saturated heterocycles. The van der Waals surface area contributed by atoms with Gasteiger partial charge in [0.2, 0.25) is 5.91 Å². The topological polar surface area (TPSA) is 98.1 Å². The molecule has 0 fully saturated rings. The van der Waals surface area contributed by atoms with E-state index in [9.17, 15) is 18.0 Å². The van der Waals surface area contributed by atoms with Crippen LogP contribution in [0.2, 0.25) is 0 Å². The Labute approximate surface area is 156 Å². The molecule has 3 rings (SSSR count). The lowest BCUT2D eigenvalue weighted by atomic mass is 10.1. The van der Waals surface area contributed by atoms with Crippen LogP contribution in [0.15, 0.2) is 64.5 Å². The average molecular weight is 385 g/mol. The van der Waals surface area contributed by atoms with Crippen LogP contribution in [0.1, 0.15) is 18.5 Å². The molecule has 1 atom stereocenters. The number of hydrogen-bond acceptors (Lipinski definition) is 5. The van der Waals surface area contributed by atoms with Gasteiger partial charge in [0, 0.05) is 6.26 Å². The summed E-state index contributed by atoms with van der Waals surface area (Å²) in [6, 6.07) is 12.9. The summed E-state index contributed by atoms with van der Waals surface area (Å²) in [5.41, 5.74) is 1.07. The van der Waals surface area contributed by atoms with Crippen LogP contribution in [0.25, 0.3) is 10.9 Å². The zero-order valence-electron chi connectivity index (χ0n) is 14.9. The third-order valence-electron chi connectivity index (χ3n) is 4.23. The van der Waals surface area contributed by atoms with E-state index in [4.69, 9.17) is 0 Å². The number of nitrogens with zero attached hydrogens (tertiary/aromatic N) is 2. The number of rotatable bonds is 5. The van der Waals surface area contributed by atoms with Crippen molar-refractivity contribution in [1.29, 1.82) is 0 Å². The standard InChI is InChI=1S/C19H19N3O4S/c1-13(14-7-9-15(10-8-14)27(2,25)26)21-18(23)11-22-12-20-17-6-4-3-5-16(17)19(22)24/h3-10,12-13H,11H2,1-2H3,(H,21,23). The van der Waals surface area contributed by atoms with E-state index in [1.54, 1.807) is 43.3 Å². The lowest BCUT2D eigenvalue weighted by Gasteiger charge is -2.15. The van der Waals surface area contributed by atoms with E-state index in [-0.39, 0.29) is 28.9 Å². The van der Waals surface area contributed by atoms with E-state index >= 15 is 0 Å². The third kappa shape index (κ3) is 4.22. The van der Waals surface area contributed by atoms with Crippen LogP contribution in [0.3, 0.4) is 0 Å². The molecular weight excluding hydrogens is 366 g/mol. The van der Waals surface area contributed by atoms with Gasteiger partial charge in [-0.1, -0.05) is 24.3 Å². The largest absolute Gasteiger partial charge is 0.348 e. The highest BCUT2D eigenvalue weighted by Crippen LogP contribution is 2.16. The number of sulfone groups is 1. The maximum Gasteiger partial charge on any atom is 0.261 e. The van der Waals surface area contributed by atoms with Gasteiger partial charge >= 0.3 is 0 Å². The normalized spacial score (nSPS) is 12.7. The summed E-state index contributed by atoms with van der Waals surface area (Å²) in [5, 5.41) is 3.26. The summed E-state index contributed by atoms with van der Waals surface area (Å²) in [7, 11) is -3.26. The molecule has 1 amide bonds. The van der Waals surface area contributed by atoms with Crippen molar-refractivity contribution in [2.24, 2.45) is 0 Å². The lowest BCUT2D eigenvalue weighted by Crippen LogP contribution is -2.34. The van der Waals surface area contributed by atoms with Crippen molar-refractivity contribution >= 4 is 26.6 Å². The van der Waals surface area contributed by atoms with Crippen LogP contribution in [-0.4, -0.2) is 30.1 Å². The summed E-state index contributed by atoms with van der Waals surface area (Å²) in [6.45, 7) is 1.64. The molecule has 7 nitrogen and oxygen atoms in total. The minimum absolute atomic E-state index is 0.150. The van der Waals surface area contributed by atoms with Crippen LogP contribution >= 0.6 is 0 Å². The monoisotopic (exact) mass is 385 g/mol. The quantitative estimate of drug-likeness (QED) is 0.720. The molecule has 1 N–H and O–H groups in total. The maximum absolute atomic E-state index is 12.4. The number of amides is 1. The smallest absolute Gasteiger partial charge is 0.261 e. The van der Waals surface area contributed by atoms with Gasteiger partial charge in [-0.05, 0) is 36.8 Å². The van der Waals surface area contributed by atoms with E-state index in [0.717, 1.165) is 11.8 Å². The second-order valence-electron chi connectivity index (χ2n) is 6.33. The minimum Gasteiger partial charge on any atom is -0.348 e. The van der Waals surface area contributed by atoms with Crippen LogP contribution in [-0.2, 0) is 21.2 Å². The molecule has 0 bridgehead atoms. The lowest BCUT2D eigenvalue weighted by molar-refractivity contribution is -0.122. The molecule has 0 spiro atoms. The molecule has 3 aromatic rings. The fraction of sp³-hybridized carbons (Fsp3) is 0.211. The summed E-state index contributed by atoms with van der Waals surface area (Å²) in [4.78, 5) is 29.2. The van der Waals surface area contributed by atoms with Crippen molar-refractivity contribution in [3.05, 3.63) is 70.8 Å². The van der Waals surface area contributed by atoms with Crippen LogP contribution in [0.5, 0.6) is 0 Å². The highest BCUT2D eigenvalue weighted by Gasteiger charge is 2.13. The molecule has 0 aliphatic heterocycles. The van der Waals surface area contributed by atoms with Crippen molar-refractivity contribution in [2.75, 3.05) is 6.26 Å². The number of nitrogens with one attached hydrogen (secondary N) is 1. The first-order valence-electron chi connectivity index (χ1n) is 8.29. The van der Waals surface area contributed by atoms with Crippen molar-refractivity contribution in [2.45, 2.75) is 24.4 Å². The van der Waals surface area contributed by atoms with Crippen molar-refractivity contribution in [3.8, 4) is 0 Å². The first kappa shape index (κ1) is 18.8. The molecule has 2 aromatic carbocycles. The predicted molar refractivity (Wildman–Crippen MR) is 102 cm³/mol. The molecule has 8 heteroatoms. The first-order chi connectivity index (χ1) is 12.8. The number of carbonyl (C=O) groups excluding carboxylic acids is 1.